The highest BCUT2D eigenvalue weighted by atomic mass is 32.2. The normalized spacial score (nSPS) is 17.5. The Morgan fingerprint density at radius 1 is 0.629 bits per heavy atom. The number of anilines is 1. The minimum Gasteiger partial charge on any atom is -0.282 e. The summed E-state index contributed by atoms with van der Waals surface area (Å²) in [6.45, 7) is 0. The second kappa shape index (κ2) is 7.60. The average Bonchev–Trinajstić information content (AvgIpc) is 2.85. The minimum absolute atomic E-state index is 2.15. The molecular formula is C15HF13N2O4S. The van der Waals surface area contributed by atoms with Gasteiger partial charge in [0.05, 0.1) is 11.1 Å². The van der Waals surface area contributed by atoms with Crippen LogP contribution in [0.4, 0.5) is 67.6 Å². The standard InChI is InChI=1S/C15HF13N2O4S/c16-3-1(4(17)7(20)8(21)6(3)19)2-5(18)11(9(22)10(23)12(2)35(32,33)34)29-13(31)30(28)15(26,27)14(29,24)25/h(H,32,33,34). The van der Waals surface area contributed by atoms with E-state index < -0.39 is 107 Å². The minimum atomic E-state index is -6.49. The third kappa shape index (κ3) is 3.29. The Kier molecular flexibility index (Phi) is 5.72. The fourth-order valence-corrected chi connectivity index (χ4v) is 3.70. The molecule has 2 amide bonds. The maximum absolute atomic E-state index is 15.1. The van der Waals surface area contributed by atoms with Crippen LogP contribution in [0.1, 0.15) is 0 Å². The third-order valence-corrected chi connectivity index (χ3v) is 5.34. The van der Waals surface area contributed by atoms with Crippen LogP contribution in [0.2, 0.25) is 0 Å². The lowest BCUT2D eigenvalue weighted by Gasteiger charge is -2.26. The first kappa shape index (κ1) is 26.3. The van der Waals surface area contributed by atoms with Gasteiger partial charge in [0.2, 0.25) is 5.82 Å². The number of hydrogen-bond acceptors (Lipinski definition) is 3. The monoisotopic (exact) mass is 552 g/mol. The van der Waals surface area contributed by atoms with Crippen LogP contribution in [0, 0.1) is 46.5 Å². The Labute approximate surface area is 182 Å². The number of carbonyl (C=O) groups excluding carboxylic acids is 1. The summed E-state index contributed by atoms with van der Waals surface area (Å²) < 4.78 is 213. The zero-order chi connectivity index (χ0) is 27.2. The van der Waals surface area contributed by atoms with Crippen molar-refractivity contribution in [1.29, 1.82) is 0 Å². The van der Waals surface area contributed by atoms with E-state index in [9.17, 15) is 66.0 Å². The van der Waals surface area contributed by atoms with E-state index in [4.69, 9.17) is 4.55 Å². The zero-order valence-corrected chi connectivity index (χ0v) is 16.2. The van der Waals surface area contributed by atoms with Crippen LogP contribution in [-0.4, -0.2) is 36.2 Å². The summed E-state index contributed by atoms with van der Waals surface area (Å²) in [5.74, 6) is -25.4. The maximum Gasteiger partial charge on any atom is 0.439 e. The highest BCUT2D eigenvalue weighted by Gasteiger charge is 2.76. The Morgan fingerprint density at radius 3 is 1.43 bits per heavy atom. The Bertz CT molecular complexity index is 1380. The number of nitrogens with zero attached hydrogens (tertiary/aromatic N) is 2. The molecule has 20 heteroatoms. The van der Waals surface area contributed by atoms with Gasteiger partial charge >= 0.3 is 18.1 Å². The van der Waals surface area contributed by atoms with Gasteiger partial charge < -0.3 is 0 Å². The number of carbonyl (C=O) groups is 1. The molecule has 0 aliphatic carbocycles. The number of alkyl halides is 4. The highest BCUT2D eigenvalue weighted by molar-refractivity contribution is 7.86. The van der Waals surface area contributed by atoms with E-state index in [1.165, 1.54) is 0 Å². The van der Waals surface area contributed by atoms with Gasteiger partial charge in [0, 0.05) is 0 Å². The van der Waals surface area contributed by atoms with E-state index in [0.717, 1.165) is 0 Å². The van der Waals surface area contributed by atoms with Gasteiger partial charge in [-0.2, -0.15) is 26.0 Å². The summed E-state index contributed by atoms with van der Waals surface area (Å²) in [5, 5.41) is -2.61. The molecule has 0 spiro atoms. The average molecular weight is 552 g/mol. The van der Waals surface area contributed by atoms with Crippen LogP contribution in [0.3, 0.4) is 0 Å². The molecular weight excluding hydrogens is 551 g/mol. The summed E-state index contributed by atoms with van der Waals surface area (Å²) >= 11 is 0. The largest absolute Gasteiger partial charge is 0.439 e. The van der Waals surface area contributed by atoms with E-state index in [2.05, 4.69) is 0 Å². The van der Waals surface area contributed by atoms with Crippen LogP contribution in [-0.2, 0) is 10.1 Å². The second-order valence-corrected chi connectivity index (χ2v) is 7.75. The molecule has 0 saturated carbocycles. The van der Waals surface area contributed by atoms with Gasteiger partial charge in [-0.3, -0.25) is 4.55 Å². The smallest absolute Gasteiger partial charge is 0.282 e. The molecule has 0 bridgehead atoms. The molecule has 35 heavy (non-hydrogen) atoms. The van der Waals surface area contributed by atoms with E-state index in [1.807, 2.05) is 0 Å². The molecule has 192 valence electrons. The molecule has 2 aromatic rings. The molecule has 1 fully saturated rings. The Morgan fingerprint density at radius 2 is 1.06 bits per heavy atom. The van der Waals surface area contributed by atoms with Crippen molar-refractivity contribution in [3.8, 4) is 11.1 Å². The van der Waals surface area contributed by atoms with Crippen LogP contribution in [0.15, 0.2) is 4.90 Å². The van der Waals surface area contributed by atoms with Crippen LogP contribution in [0.25, 0.3) is 11.1 Å². The quantitative estimate of drug-likeness (QED) is 0.145. The fourth-order valence-electron chi connectivity index (χ4n) is 2.93. The lowest BCUT2D eigenvalue weighted by atomic mass is 10.0. The summed E-state index contributed by atoms with van der Waals surface area (Å²) in [5.41, 5.74) is -8.88. The molecule has 1 aliphatic rings. The number of amides is 2. The van der Waals surface area contributed by atoms with E-state index in [1.54, 1.807) is 0 Å². The molecule has 0 unspecified atom stereocenters. The number of rotatable bonds is 3. The molecule has 2 aromatic carbocycles. The van der Waals surface area contributed by atoms with Gasteiger partial charge in [0.25, 0.3) is 10.1 Å². The van der Waals surface area contributed by atoms with Gasteiger partial charge in [-0.1, -0.05) is 9.60 Å². The molecule has 1 saturated heterocycles. The van der Waals surface area contributed by atoms with Gasteiger partial charge in [0.1, 0.15) is 10.6 Å². The first-order valence-corrected chi connectivity index (χ1v) is 9.42. The summed E-state index contributed by atoms with van der Waals surface area (Å²) in [6, 6.07) is -15.9. The predicted molar refractivity (Wildman–Crippen MR) is 82.1 cm³/mol. The number of halogens is 13. The molecule has 6 nitrogen and oxygen atoms in total. The lowest BCUT2D eigenvalue weighted by Crippen LogP contribution is -2.49. The topological polar surface area (TPSA) is 77.9 Å². The van der Waals surface area contributed by atoms with Crippen molar-refractivity contribution in [2.75, 3.05) is 4.90 Å². The Hall–Kier alpha value is -3.29. The van der Waals surface area contributed by atoms with Gasteiger partial charge in [-0.15, -0.1) is 0 Å². The summed E-state index contributed by atoms with van der Waals surface area (Å²) in [6.07, 6.45) is 0. The number of benzene rings is 2. The summed E-state index contributed by atoms with van der Waals surface area (Å²) in [4.78, 5) is 6.44. The van der Waals surface area contributed by atoms with Crippen LogP contribution in [0.5, 0.6) is 0 Å². The third-order valence-electron chi connectivity index (χ3n) is 4.44. The first-order chi connectivity index (χ1) is 15.7. The predicted octanol–water partition coefficient (Wildman–Crippen LogP) is 5.03. The molecule has 1 heterocycles. The van der Waals surface area contributed by atoms with Gasteiger partial charge in [0.15, 0.2) is 40.7 Å². The van der Waals surface area contributed by atoms with Crippen LogP contribution < -0.4 is 4.90 Å². The molecule has 1 N–H and O–H groups in total. The summed E-state index contributed by atoms with van der Waals surface area (Å²) in [7, 11) is -6.49. The van der Waals surface area contributed by atoms with Crippen molar-refractivity contribution in [3.63, 3.8) is 0 Å². The van der Waals surface area contributed by atoms with Crippen molar-refractivity contribution in [2.24, 2.45) is 0 Å². The van der Waals surface area contributed by atoms with E-state index in [-0.39, 0.29) is 0 Å². The number of hydrogen-bond donors (Lipinski definition) is 1. The van der Waals surface area contributed by atoms with Crippen molar-refractivity contribution in [3.05, 3.63) is 46.5 Å². The van der Waals surface area contributed by atoms with Crippen molar-refractivity contribution >= 4 is 21.8 Å². The highest BCUT2D eigenvalue weighted by Crippen LogP contribution is 2.52. The van der Waals surface area contributed by atoms with Gasteiger partial charge in [-0.25, -0.2) is 44.8 Å². The maximum atomic E-state index is 15.1. The van der Waals surface area contributed by atoms with Crippen molar-refractivity contribution in [1.82, 2.24) is 5.12 Å². The molecule has 1 aliphatic heterocycles. The van der Waals surface area contributed by atoms with Gasteiger partial charge in [-0.05, 0) is 0 Å². The SMILES string of the molecule is O=C1N(F)C(F)(F)C(F)(F)N1c1c(F)c(F)c(S(=O)(=O)O)c(-c2c(F)c(F)c(F)c(F)c2F)c1F. The second-order valence-electron chi connectivity index (χ2n) is 6.40. The number of urea groups is 1. The van der Waals surface area contributed by atoms with Crippen LogP contribution >= 0.6 is 0 Å². The molecule has 3 rings (SSSR count). The molecule has 0 aromatic heterocycles. The van der Waals surface area contributed by atoms with E-state index >= 15 is 4.39 Å². The zero-order valence-electron chi connectivity index (χ0n) is 15.4. The Balaban J connectivity index is 2.63. The van der Waals surface area contributed by atoms with Crippen molar-refractivity contribution in [2.45, 2.75) is 17.0 Å². The fraction of sp³-hybridized carbons (Fsp3) is 0.133. The molecule has 0 radical (unpaired) electrons. The lowest BCUT2D eigenvalue weighted by molar-refractivity contribution is -0.283. The first-order valence-electron chi connectivity index (χ1n) is 7.98. The van der Waals surface area contributed by atoms with Crippen molar-refractivity contribution < 1.29 is 74.9 Å². The van der Waals surface area contributed by atoms with E-state index in [0.29, 0.717) is 0 Å². The molecule has 0 atom stereocenters.